The highest BCUT2D eigenvalue weighted by Crippen LogP contribution is 2.22. The van der Waals surface area contributed by atoms with Gasteiger partial charge >= 0.3 is 0 Å². The molecule has 1 atom stereocenters. The minimum Gasteiger partial charge on any atom is -0.388 e. The first kappa shape index (κ1) is 11.5. The van der Waals surface area contributed by atoms with E-state index in [0.717, 1.165) is 11.1 Å². The molecule has 2 aromatic heterocycles. The fraction of sp³-hybridized carbons (Fsp3) is 0.231. The van der Waals surface area contributed by atoms with Crippen LogP contribution in [0.4, 0.5) is 5.82 Å². The van der Waals surface area contributed by atoms with Crippen molar-refractivity contribution in [3.8, 4) is 0 Å². The Labute approximate surface area is 100 Å². The lowest BCUT2D eigenvalue weighted by Gasteiger charge is -2.13. The quantitative estimate of drug-likeness (QED) is 0.839. The van der Waals surface area contributed by atoms with E-state index in [-0.39, 0.29) is 0 Å². The SMILES string of the molecule is Cc1cnc(N)c(C(O)Cc2ccncc2)c1. The van der Waals surface area contributed by atoms with Gasteiger partial charge in [0.05, 0.1) is 6.10 Å². The highest BCUT2D eigenvalue weighted by molar-refractivity contribution is 5.42. The number of rotatable bonds is 3. The molecule has 0 fully saturated rings. The Bertz CT molecular complexity index is 499. The lowest BCUT2D eigenvalue weighted by atomic mass is 10.0. The maximum atomic E-state index is 10.1. The summed E-state index contributed by atoms with van der Waals surface area (Å²) in [6, 6.07) is 5.62. The van der Waals surface area contributed by atoms with Crippen LogP contribution >= 0.6 is 0 Å². The predicted octanol–water partition coefficient (Wildman–Crippen LogP) is 1.64. The van der Waals surface area contributed by atoms with Crippen LogP contribution in [0.15, 0.2) is 36.8 Å². The Balaban J connectivity index is 2.20. The third-order valence-corrected chi connectivity index (χ3v) is 2.62. The van der Waals surface area contributed by atoms with Crippen LogP contribution in [0.2, 0.25) is 0 Å². The van der Waals surface area contributed by atoms with Crippen molar-refractivity contribution in [3.63, 3.8) is 0 Å². The van der Waals surface area contributed by atoms with Crippen LogP contribution in [0.3, 0.4) is 0 Å². The molecule has 0 aliphatic rings. The normalized spacial score (nSPS) is 12.4. The van der Waals surface area contributed by atoms with Crippen molar-refractivity contribution >= 4 is 5.82 Å². The summed E-state index contributed by atoms with van der Waals surface area (Å²) in [4.78, 5) is 7.99. The zero-order valence-electron chi connectivity index (χ0n) is 9.67. The van der Waals surface area contributed by atoms with Gasteiger partial charge in [0, 0.05) is 30.6 Å². The molecule has 0 aliphatic carbocycles. The van der Waals surface area contributed by atoms with Crippen LogP contribution in [0, 0.1) is 6.92 Å². The molecular weight excluding hydrogens is 214 g/mol. The van der Waals surface area contributed by atoms with E-state index >= 15 is 0 Å². The number of hydrogen-bond acceptors (Lipinski definition) is 4. The Morgan fingerprint density at radius 2 is 2.06 bits per heavy atom. The number of aliphatic hydroxyl groups excluding tert-OH is 1. The molecule has 2 aromatic rings. The number of nitrogens with zero attached hydrogens (tertiary/aromatic N) is 2. The summed E-state index contributed by atoms with van der Waals surface area (Å²) in [5.74, 6) is 0.386. The average Bonchev–Trinajstić information content (AvgIpc) is 2.33. The monoisotopic (exact) mass is 229 g/mol. The van der Waals surface area contributed by atoms with E-state index in [2.05, 4.69) is 9.97 Å². The molecule has 0 aromatic carbocycles. The van der Waals surface area contributed by atoms with Gasteiger partial charge in [-0.15, -0.1) is 0 Å². The van der Waals surface area contributed by atoms with E-state index in [0.29, 0.717) is 17.8 Å². The molecule has 1 unspecified atom stereocenters. The molecule has 0 bridgehead atoms. The second-order valence-electron chi connectivity index (χ2n) is 4.06. The number of nitrogens with two attached hydrogens (primary N) is 1. The van der Waals surface area contributed by atoms with E-state index < -0.39 is 6.10 Å². The van der Waals surface area contributed by atoms with E-state index in [1.807, 2.05) is 25.1 Å². The van der Waals surface area contributed by atoms with Gasteiger partial charge in [-0.05, 0) is 36.2 Å². The topological polar surface area (TPSA) is 72.0 Å². The first-order valence-corrected chi connectivity index (χ1v) is 5.46. The van der Waals surface area contributed by atoms with E-state index in [9.17, 15) is 5.11 Å². The molecule has 0 spiro atoms. The zero-order chi connectivity index (χ0) is 12.3. The van der Waals surface area contributed by atoms with Gasteiger partial charge in [-0.1, -0.05) is 0 Å². The highest BCUT2D eigenvalue weighted by Gasteiger charge is 2.12. The van der Waals surface area contributed by atoms with Crippen molar-refractivity contribution in [1.82, 2.24) is 9.97 Å². The summed E-state index contributed by atoms with van der Waals surface area (Å²) in [6.45, 7) is 1.93. The maximum Gasteiger partial charge on any atom is 0.129 e. The molecular formula is C13H15N3O. The summed E-state index contributed by atoms with van der Waals surface area (Å²) in [5, 5.41) is 10.1. The molecule has 2 heterocycles. The Morgan fingerprint density at radius 3 is 2.76 bits per heavy atom. The fourth-order valence-electron chi connectivity index (χ4n) is 1.72. The van der Waals surface area contributed by atoms with Crippen molar-refractivity contribution in [2.45, 2.75) is 19.4 Å². The molecule has 0 radical (unpaired) electrons. The van der Waals surface area contributed by atoms with Crippen LogP contribution in [-0.4, -0.2) is 15.1 Å². The van der Waals surface area contributed by atoms with Crippen molar-refractivity contribution in [3.05, 3.63) is 53.5 Å². The molecule has 2 rings (SSSR count). The smallest absolute Gasteiger partial charge is 0.129 e. The molecule has 0 saturated heterocycles. The van der Waals surface area contributed by atoms with E-state index in [1.54, 1.807) is 18.6 Å². The Kier molecular flexibility index (Phi) is 3.35. The first-order chi connectivity index (χ1) is 8.16. The lowest BCUT2D eigenvalue weighted by molar-refractivity contribution is 0.179. The molecule has 0 aliphatic heterocycles. The van der Waals surface area contributed by atoms with Gasteiger partial charge in [0.2, 0.25) is 0 Å². The molecule has 4 nitrogen and oxygen atoms in total. The van der Waals surface area contributed by atoms with E-state index in [1.165, 1.54) is 0 Å². The van der Waals surface area contributed by atoms with Gasteiger partial charge in [0.15, 0.2) is 0 Å². The van der Waals surface area contributed by atoms with E-state index in [4.69, 9.17) is 5.73 Å². The third kappa shape index (κ3) is 2.79. The number of nitrogen functional groups attached to an aromatic ring is 1. The van der Waals surface area contributed by atoms with Crippen LogP contribution in [0.5, 0.6) is 0 Å². The number of aryl methyl sites for hydroxylation is 1. The van der Waals surface area contributed by atoms with Gasteiger partial charge in [-0.2, -0.15) is 0 Å². The number of hydrogen-bond donors (Lipinski definition) is 2. The second-order valence-corrected chi connectivity index (χ2v) is 4.06. The largest absolute Gasteiger partial charge is 0.388 e. The zero-order valence-corrected chi connectivity index (χ0v) is 9.67. The van der Waals surface area contributed by atoms with Crippen molar-refractivity contribution < 1.29 is 5.11 Å². The fourth-order valence-corrected chi connectivity index (χ4v) is 1.72. The molecule has 4 heteroatoms. The van der Waals surface area contributed by atoms with Gasteiger partial charge in [0.25, 0.3) is 0 Å². The van der Waals surface area contributed by atoms with Gasteiger partial charge in [-0.25, -0.2) is 4.98 Å². The number of aromatic nitrogens is 2. The Morgan fingerprint density at radius 1 is 1.35 bits per heavy atom. The predicted molar refractivity (Wildman–Crippen MR) is 66.3 cm³/mol. The first-order valence-electron chi connectivity index (χ1n) is 5.46. The summed E-state index contributed by atoms with van der Waals surface area (Å²) < 4.78 is 0. The standard InChI is InChI=1S/C13H15N3O/c1-9-6-11(13(14)16-8-9)12(17)7-10-2-4-15-5-3-10/h2-6,8,12,17H,7H2,1H3,(H2,14,16). The highest BCUT2D eigenvalue weighted by atomic mass is 16.3. The minimum atomic E-state index is -0.634. The third-order valence-electron chi connectivity index (χ3n) is 2.62. The number of aliphatic hydroxyl groups is 1. The molecule has 0 saturated carbocycles. The molecule has 3 N–H and O–H groups in total. The average molecular weight is 229 g/mol. The van der Waals surface area contributed by atoms with Crippen LogP contribution in [0.25, 0.3) is 0 Å². The van der Waals surface area contributed by atoms with Gasteiger partial charge in [-0.3, -0.25) is 4.98 Å². The minimum absolute atomic E-state index is 0.386. The van der Waals surface area contributed by atoms with Crippen molar-refractivity contribution in [2.75, 3.05) is 5.73 Å². The molecule has 0 amide bonds. The van der Waals surface area contributed by atoms with Crippen LogP contribution in [-0.2, 0) is 6.42 Å². The molecule has 88 valence electrons. The van der Waals surface area contributed by atoms with Crippen molar-refractivity contribution in [2.24, 2.45) is 0 Å². The van der Waals surface area contributed by atoms with Gasteiger partial charge in [0.1, 0.15) is 5.82 Å². The maximum absolute atomic E-state index is 10.1. The van der Waals surface area contributed by atoms with Crippen LogP contribution in [0.1, 0.15) is 22.8 Å². The summed E-state index contributed by atoms with van der Waals surface area (Å²) >= 11 is 0. The van der Waals surface area contributed by atoms with Gasteiger partial charge < -0.3 is 10.8 Å². The Hall–Kier alpha value is -1.94. The van der Waals surface area contributed by atoms with Crippen LogP contribution < -0.4 is 5.73 Å². The second kappa shape index (κ2) is 4.93. The summed E-state index contributed by atoms with van der Waals surface area (Å²) in [6.07, 6.45) is 4.99. The summed E-state index contributed by atoms with van der Waals surface area (Å²) in [5.41, 5.74) is 8.45. The number of pyridine rings is 2. The van der Waals surface area contributed by atoms with Crippen molar-refractivity contribution in [1.29, 1.82) is 0 Å². The molecule has 17 heavy (non-hydrogen) atoms. The lowest BCUT2D eigenvalue weighted by Crippen LogP contribution is -2.07. The number of anilines is 1. The summed E-state index contributed by atoms with van der Waals surface area (Å²) in [7, 11) is 0.